The first kappa shape index (κ1) is 13.2. The van der Waals surface area contributed by atoms with Crippen molar-refractivity contribution in [2.75, 3.05) is 6.26 Å². The number of hydrogen-bond acceptors (Lipinski definition) is 4. The lowest BCUT2D eigenvalue weighted by Crippen LogP contribution is -2.46. The first-order valence-electron chi connectivity index (χ1n) is 4.39. The number of hydrogen-bond donors (Lipinski definition) is 3. The molecule has 0 spiro atoms. The molecule has 0 saturated heterocycles. The highest BCUT2D eigenvalue weighted by molar-refractivity contribution is 8.13. The molecular formula is C8H18N2O3S. The monoisotopic (exact) mass is 222 g/mol. The maximum atomic E-state index is 11.3. The lowest BCUT2D eigenvalue weighted by molar-refractivity contribution is -0.120. The van der Waals surface area contributed by atoms with E-state index in [0.717, 1.165) is 0 Å². The summed E-state index contributed by atoms with van der Waals surface area (Å²) in [5.41, 5.74) is 5.79. The fourth-order valence-corrected chi connectivity index (χ4v) is 1.60. The summed E-state index contributed by atoms with van der Waals surface area (Å²) in [6.45, 7) is 3.86. The summed E-state index contributed by atoms with van der Waals surface area (Å²) < 4.78 is 13.4. The summed E-state index contributed by atoms with van der Waals surface area (Å²) in [5, 5.41) is 0. The number of nitrogens with one attached hydrogen (secondary N) is 1. The molecule has 84 valence electrons. The van der Waals surface area contributed by atoms with E-state index in [-0.39, 0.29) is 11.5 Å². The molecule has 0 fully saturated rings. The van der Waals surface area contributed by atoms with Gasteiger partial charge in [0.1, 0.15) is 0 Å². The summed E-state index contributed by atoms with van der Waals surface area (Å²) >= 11 is 0. The number of amides is 1. The third-order valence-corrected chi connectivity index (χ3v) is 2.66. The Morgan fingerprint density at radius 3 is 2.43 bits per heavy atom. The van der Waals surface area contributed by atoms with Crippen molar-refractivity contribution in [2.24, 2.45) is 11.7 Å². The molecule has 0 aliphatic carbocycles. The maximum Gasteiger partial charge on any atom is 0.247 e. The van der Waals surface area contributed by atoms with E-state index in [9.17, 15) is 13.8 Å². The van der Waals surface area contributed by atoms with Crippen LogP contribution in [0.25, 0.3) is 0 Å². The van der Waals surface area contributed by atoms with E-state index in [4.69, 9.17) is 5.73 Å². The topological polar surface area (TPSA) is 89.3 Å². The van der Waals surface area contributed by atoms with Crippen LogP contribution in [-0.4, -0.2) is 28.0 Å². The molecule has 0 aliphatic rings. The maximum absolute atomic E-state index is 11.3. The highest BCUT2D eigenvalue weighted by Crippen LogP contribution is 2.03. The third kappa shape index (κ3) is 5.08. The van der Waals surface area contributed by atoms with Gasteiger partial charge < -0.3 is 5.73 Å². The zero-order valence-electron chi connectivity index (χ0n) is 8.69. The lowest BCUT2D eigenvalue weighted by Gasteiger charge is -2.18. The molecule has 0 aromatic heterocycles. The average molecular weight is 222 g/mol. The van der Waals surface area contributed by atoms with Gasteiger partial charge in [-0.2, -0.15) is 0 Å². The minimum atomic E-state index is -3.19. The quantitative estimate of drug-likeness (QED) is 0.421. The van der Waals surface area contributed by atoms with Crippen LogP contribution in [0, 0.1) is 5.92 Å². The molecule has 1 atom stereocenters. The van der Waals surface area contributed by atoms with Gasteiger partial charge in [0.25, 0.3) is 0 Å². The SMILES string of the molecule is CC(C)C[C@H](N)C(=O)N[SH](C)(=O)C=O. The first-order valence-corrected chi connectivity index (χ1v) is 6.62. The molecule has 0 aromatic rings. The zero-order valence-corrected chi connectivity index (χ0v) is 9.58. The zero-order chi connectivity index (χ0) is 11.4. The Kier molecular flexibility index (Phi) is 4.93. The normalized spacial score (nSPS) is 14.9. The van der Waals surface area contributed by atoms with Crippen LogP contribution in [0.1, 0.15) is 20.3 Å². The molecule has 14 heavy (non-hydrogen) atoms. The predicted molar refractivity (Wildman–Crippen MR) is 57.8 cm³/mol. The van der Waals surface area contributed by atoms with Crippen LogP contribution >= 0.6 is 0 Å². The van der Waals surface area contributed by atoms with Gasteiger partial charge in [-0.05, 0) is 12.3 Å². The van der Waals surface area contributed by atoms with Gasteiger partial charge in [-0.3, -0.25) is 18.5 Å². The Labute approximate surface area is 85.0 Å². The highest BCUT2D eigenvalue weighted by atomic mass is 32.3. The molecule has 0 saturated carbocycles. The van der Waals surface area contributed by atoms with E-state index >= 15 is 0 Å². The molecule has 0 aromatic carbocycles. The Bertz CT molecular complexity index is 265. The second-order valence-corrected chi connectivity index (χ2v) is 6.22. The van der Waals surface area contributed by atoms with Crippen molar-refractivity contribution in [3.8, 4) is 0 Å². The number of carbonyl (C=O) groups excluding carboxylic acids is 2. The van der Waals surface area contributed by atoms with Gasteiger partial charge >= 0.3 is 0 Å². The van der Waals surface area contributed by atoms with Crippen molar-refractivity contribution >= 4 is 21.6 Å². The standard InChI is InChI=1S/C8H18N2O3S/c1-6(2)4-7(9)8(12)10-14(3,13)5-11/h5-7,14H,4,9H2,1-3H3,(H,10,12,13)/t7-/m0/s1. The van der Waals surface area contributed by atoms with Crippen molar-refractivity contribution in [3.63, 3.8) is 0 Å². The number of thiol groups is 1. The Morgan fingerprint density at radius 1 is 1.57 bits per heavy atom. The second-order valence-electron chi connectivity index (χ2n) is 3.81. The largest absolute Gasteiger partial charge is 0.320 e. The van der Waals surface area contributed by atoms with Crippen molar-refractivity contribution in [3.05, 3.63) is 0 Å². The van der Waals surface area contributed by atoms with Gasteiger partial charge in [0.2, 0.25) is 5.91 Å². The van der Waals surface area contributed by atoms with E-state index in [1.165, 1.54) is 6.26 Å². The van der Waals surface area contributed by atoms with Gasteiger partial charge in [-0.1, -0.05) is 13.8 Å². The first-order chi connectivity index (χ1) is 6.28. The molecule has 0 rings (SSSR count). The van der Waals surface area contributed by atoms with Gasteiger partial charge in [-0.25, -0.2) is 0 Å². The van der Waals surface area contributed by atoms with Crippen molar-refractivity contribution in [1.29, 1.82) is 0 Å². The number of rotatable bonds is 5. The second kappa shape index (κ2) is 5.21. The molecule has 0 radical (unpaired) electrons. The van der Waals surface area contributed by atoms with E-state index in [1.807, 2.05) is 13.8 Å². The molecule has 0 unspecified atom stereocenters. The van der Waals surface area contributed by atoms with Gasteiger partial charge in [0.05, 0.1) is 6.04 Å². The smallest absolute Gasteiger partial charge is 0.247 e. The molecule has 0 aliphatic heterocycles. The van der Waals surface area contributed by atoms with E-state index in [2.05, 4.69) is 4.72 Å². The van der Waals surface area contributed by atoms with Crippen molar-refractivity contribution in [2.45, 2.75) is 26.3 Å². The molecule has 6 heteroatoms. The van der Waals surface area contributed by atoms with Crippen molar-refractivity contribution < 1.29 is 13.8 Å². The Hall–Kier alpha value is -0.750. The van der Waals surface area contributed by atoms with Crippen LogP contribution in [0.3, 0.4) is 0 Å². The summed E-state index contributed by atoms with van der Waals surface area (Å²) in [5.74, 6) is -0.250. The Balaban J connectivity index is 4.21. The van der Waals surface area contributed by atoms with Gasteiger partial charge in [-0.15, -0.1) is 0 Å². The molecular weight excluding hydrogens is 204 g/mol. The third-order valence-electron chi connectivity index (χ3n) is 1.60. The van der Waals surface area contributed by atoms with Crippen LogP contribution < -0.4 is 10.5 Å². The molecule has 0 bridgehead atoms. The Morgan fingerprint density at radius 2 is 2.07 bits per heavy atom. The molecule has 5 nitrogen and oxygen atoms in total. The van der Waals surface area contributed by atoms with Crippen LogP contribution in [0.2, 0.25) is 0 Å². The highest BCUT2D eigenvalue weighted by Gasteiger charge is 2.18. The fourth-order valence-electron chi connectivity index (χ4n) is 0.943. The van der Waals surface area contributed by atoms with Gasteiger partial charge in [0, 0.05) is 16.4 Å². The summed E-state index contributed by atoms with van der Waals surface area (Å²) in [4.78, 5) is 21.6. The average Bonchev–Trinajstić information content (AvgIpc) is 2.02. The lowest BCUT2D eigenvalue weighted by atomic mass is 10.0. The predicted octanol–water partition coefficient (Wildman–Crippen LogP) is -0.772. The molecule has 3 N–H and O–H groups in total. The van der Waals surface area contributed by atoms with Gasteiger partial charge in [0.15, 0.2) is 5.62 Å². The van der Waals surface area contributed by atoms with E-state index in [0.29, 0.717) is 6.42 Å². The minimum absolute atomic E-state index is 0.257. The van der Waals surface area contributed by atoms with Crippen LogP contribution in [0.4, 0.5) is 0 Å². The van der Waals surface area contributed by atoms with E-state index in [1.54, 1.807) is 0 Å². The summed E-state index contributed by atoms with van der Waals surface area (Å²) in [6.07, 6.45) is 1.70. The summed E-state index contributed by atoms with van der Waals surface area (Å²) in [6, 6.07) is -0.705. The van der Waals surface area contributed by atoms with Crippen LogP contribution in [0.15, 0.2) is 0 Å². The minimum Gasteiger partial charge on any atom is -0.320 e. The molecule has 1 amide bonds. The van der Waals surface area contributed by atoms with Crippen LogP contribution in [0.5, 0.6) is 0 Å². The van der Waals surface area contributed by atoms with E-state index < -0.39 is 22.1 Å². The number of nitrogens with two attached hydrogens (primary N) is 1. The number of carbonyl (C=O) groups is 2. The van der Waals surface area contributed by atoms with Crippen LogP contribution in [-0.2, 0) is 19.7 Å². The van der Waals surface area contributed by atoms with Crippen molar-refractivity contribution in [1.82, 2.24) is 4.72 Å². The molecule has 0 heterocycles. The summed E-state index contributed by atoms with van der Waals surface area (Å²) in [7, 11) is -3.19. The fraction of sp³-hybridized carbons (Fsp3) is 0.750.